The largest absolute Gasteiger partial charge is 0.354 e. The van der Waals surface area contributed by atoms with Gasteiger partial charge in [-0.1, -0.05) is 12.5 Å². The van der Waals surface area contributed by atoms with Crippen molar-refractivity contribution in [1.29, 1.82) is 0 Å². The van der Waals surface area contributed by atoms with Gasteiger partial charge in [0.1, 0.15) is 16.5 Å². The number of pyridine rings is 1. The molecule has 8 nitrogen and oxygen atoms in total. The molecule has 2 fully saturated rings. The van der Waals surface area contributed by atoms with Gasteiger partial charge in [-0.3, -0.25) is 0 Å². The average Bonchev–Trinajstić information content (AvgIpc) is 3.34. The molecule has 2 aliphatic heterocycles. The molecule has 0 amide bonds. The van der Waals surface area contributed by atoms with Gasteiger partial charge in [0, 0.05) is 50.9 Å². The maximum Gasteiger partial charge on any atom is 0.244 e. The number of benzene rings is 1. The molecule has 0 saturated carbocycles. The molecular formula is C27H31FN6O2S. The molecule has 1 atom stereocenters. The number of piperidine rings is 1. The second-order valence-electron chi connectivity index (χ2n) is 10.1. The number of halogens is 1. The lowest BCUT2D eigenvalue weighted by Gasteiger charge is -2.45. The molecule has 0 spiro atoms. The Bertz CT molecular complexity index is 1430. The zero-order chi connectivity index (χ0) is 25.6. The van der Waals surface area contributed by atoms with Gasteiger partial charge >= 0.3 is 0 Å². The number of piperazine rings is 1. The summed E-state index contributed by atoms with van der Waals surface area (Å²) in [6.07, 6.45) is 7.74. The Morgan fingerprint density at radius 2 is 1.84 bits per heavy atom. The van der Waals surface area contributed by atoms with Crippen LogP contribution in [-0.4, -0.2) is 66.8 Å². The lowest BCUT2D eigenvalue weighted by Crippen LogP contribution is -2.49. The first-order valence-electron chi connectivity index (χ1n) is 12.9. The van der Waals surface area contributed by atoms with Crippen LogP contribution in [0.5, 0.6) is 0 Å². The fourth-order valence-corrected chi connectivity index (χ4v) is 7.32. The third-order valence-corrected chi connectivity index (χ3v) is 9.89. The van der Waals surface area contributed by atoms with Crippen molar-refractivity contribution in [3.8, 4) is 5.69 Å². The van der Waals surface area contributed by atoms with Gasteiger partial charge in [-0.15, -0.1) is 0 Å². The van der Waals surface area contributed by atoms with Crippen molar-refractivity contribution >= 4 is 21.9 Å². The lowest BCUT2D eigenvalue weighted by molar-refractivity contribution is 0.204. The molecule has 1 aromatic carbocycles. The highest BCUT2D eigenvalue weighted by atomic mass is 32.2. The van der Waals surface area contributed by atoms with Gasteiger partial charge in [-0.05, 0) is 67.3 Å². The number of rotatable bonds is 5. The average molecular weight is 523 g/mol. The maximum atomic E-state index is 13.7. The smallest absolute Gasteiger partial charge is 0.244 e. The predicted molar refractivity (Wildman–Crippen MR) is 141 cm³/mol. The van der Waals surface area contributed by atoms with Crippen LogP contribution in [0.1, 0.15) is 31.0 Å². The molecule has 194 valence electrons. The summed E-state index contributed by atoms with van der Waals surface area (Å²) < 4.78 is 44.2. The van der Waals surface area contributed by atoms with E-state index in [0.717, 1.165) is 61.8 Å². The van der Waals surface area contributed by atoms with Crippen LogP contribution < -0.4 is 10.2 Å². The first-order chi connectivity index (χ1) is 17.9. The van der Waals surface area contributed by atoms with Crippen molar-refractivity contribution in [1.82, 2.24) is 24.4 Å². The molecule has 0 radical (unpaired) electrons. The summed E-state index contributed by atoms with van der Waals surface area (Å²) in [7, 11) is -3.67. The molecule has 1 N–H and O–H groups in total. The third-order valence-electron chi connectivity index (χ3n) is 8.06. The van der Waals surface area contributed by atoms with E-state index < -0.39 is 10.0 Å². The zero-order valence-electron chi connectivity index (χ0n) is 20.9. The normalized spacial score (nSPS) is 22.3. The van der Waals surface area contributed by atoms with Crippen LogP contribution in [0.15, 0.2) is 59.3 Å². The van der Waals surface area contributed by atoms with Crippen LogP contribution in [-0.2, 0) is 16.4 Å². The van der Waals surface area contributed by atoms with Gasteiger partial charge < -0.3 is 10.2 Å². The molecule has 0 bridgehead atoms. The van der Waals surface area contributed by atoms with Crippen molar-refractivity contribution in [2.45, 2.75) is 31.1 Å². The van der Waals surface area contributed by atoms with Crippen molar-refractivity contribution in [2.75, 3.05) is 44.2 Å². The Labute approximate surface area is 216 Å². The Hall–Kier alpha value is -3.08. The SMILES string of the molecule is CC[C@]12Cc3cnn(-c4ccc(F)cc4)c3C=C1CCN(S(=O)(=O)c1ccc(N3CCNCC3)nc1)C2. The highest BCUT2D eigenvalue weighted by Crippen LogP contribution is 2.47. The molecule has 37 heavy (non-hydrogen) atoms. The lowest BCUT2D eigenvalue weighted by atomic mass is 9.67. The van der Waals surface area contributed by atoms with E-state index in [9.17, 15) is 12.8 Å². The van der Waals surface area contributed by atoms with Crippen LogP contribution in [0.25, 0.3) is 11.8 Å². The minimum absolute atomic E-state index is 0.241. The number of nitrogens with one attached hydrogen (secondary N) is 1. The minimum Gasteiger partial charge on any atom is -0.354 e. The fraction of sp³-hybridized carbons (Fsp3) is 0.407. The first kappa shape index (κ1) is 24.3. The van der Waals surface area contributed by atoms with Gasteiger partial charge in [0.15, 0.2) is 0 Å². The van der Waals surface area contributed by atoms with Crippen LogP contribution in [0, 0.1) is 11.2 Å². The molecule has 1 aliphatic carbocycles. The molecule has 3 aromatic rings. The van der Waals surface area contributed by atoms with E-state index in [0.29, 0.717) is 19.5 Å². The van der Waals surface area contributed by atoms with Crippen LogP contribution in [0.3, 0.4) is 0 Å². The molecule has 4 heterocycles. The van der Waals surface area contributed by atoms with Gasteiger partial charge in [-0.2, -0.15) is 9.40 Å². The fourth-order valence-electron chi connectivity index (χ4n) is 5.85. The Morgan fingerprint density at radius 3 is 2.54 bits per heavy atom. The summed E-state index contributed by atoms with van der Waals surface area (Å²) in [5.74, 6) is 0.530. The number of nitrogens with zero attached hydrogens (tertiary/aromatic N) is 5. The quantitative estimate of drug-likeness (QED) is 0.554. The van der Waals surface area contributed by atoms with E-state index >= 15 is 0 Å². The summed E-state index contributed by atoms with van der Waals surface area (Å²) in [5.41, 5.74) is 3.86. The zero-order valence-corrected chi connectivity index (χ0v) is 21.7. The maximum absolute atomic E-state index is 13.7. The molecule has 3 aliphatic rings. The van der Waals surface area contributed by atoms with Gasteiger partial charge in [0.2, 0.25) is 10.0 Å². The highest BCUT2D eigenvalue weighted by molar-refractivity contribution is 7.89. The monoisotopic (exact) mass is 522 g/mol. The minimum atomic E-state index is -3.67. The topological polar surface area (TPSA) is 83.4 Å². The third kappa shape index (κ3) is 4.26. The van der Waals surface area contributed by atoms with E-state index in [-0.39, 0.29) is 16.1 Å². The second-order valence-corrected chi connectivity index (χ2v) is 12.0. The Morgan fingerprint density at radius 1 is 1.05 bits per heavy atom. The summed E-state index contributed by atoms with van der Waals surface area (Å²) in [4.78, 5) is 6.91. The van der Waals surface area contributed by atoms with E-state index in [1.165, 1.54) is 23.9 Å². The van der Waals surface area contributed by atoms with Crippen molar-refractivity contribution in [3.05, 3.63) is 71.4 Å². The number of fused-ring (bicyclic) bond motifs is 2. The van der Waals surface area contributed by atoms with Gasteiger partial charge in [0.05, 0.1) is 17.6 Å². The van der Waals surface area contributed by atoms with Crippen LogP contribution in [0.2, 0.25) is 0 Å². The number of sulfonamides is 1. The van der Waals surface area contributed by atoms with E-state index in [4.69, 9.17) is 0 Å². The molecule has 10 heteroatoms. The van der Waals surface area contributed by atoms with Gasteiger partial charge in [-0.25, -0.2) is 22.5 Å². The predicted octanol–water partition coefficient (Wildman–Crippen LogP) is 3.25. The summed E-state index contributed by atoms with van der Waals surface area (Å²) >= 11 is 0. The Balaban J connectivity index is 1.26. The molecule has 2 saturated heterocycles. The first-order valence-corrected chi connectivity index (χ1v) is 14.3. The van der Waals surface area contributed by atoms with Crippen molar-refractivity contribution < 1.29 is 12.8 Å². The molecule has 6 rings (SSSR count). The summed E-state index contributed by atoms with van der Waals surface area (Å²) in [5, 5.41) is 7.90. The number of hydrogen-bond acceptors (Lipinski definition) is 6. The number of anilines is 1. The van der Waals surface area contributed by atoms with E-state index in [1.807, 2.05) is 16.9 Å². The van der Waals surface area contributed by atoms with Crippen molar-refractivity contribution in [2.24, 2.45) is 5.41 Å². The summed E-state index contributed by atoms with van der Waals surface area (Å²) in [6, 6.07) is 9.82. The number of hydrogen-bond donors (Lipinski definition) is 1. The Kier molecular flexibility index (Phi) is 6.13. The second kappa shape index (κ2) is 9.34. The summed E-state index contributed by atoms with van der Waals surface area (Å²) in [6.45, 7) is 6.50. The van der Waals surface area contributed by atoms with Crippen LogP contribution >= 0.6 is 0 Å². The molecule has 0 unspecified atom stereocenters. The van der Waals surface area contributed by atoms with E-state index in [2.05, 4.69) is 33.3 Å². The standard InChI is InChI=1S/C27H31FN6O2S/c1-2-27-16-20-17-31-34(23-5-3-22(28)4-6-23)25(20)15-21(27)9-12-33(19-27)37(35,36)24-7-8-26(30-18-24)32-13-10-29-11-14-32/h3-8,15,17-18,29H,2,9-14,16,19H2,1H3/t27-/m1/s1. The molecular weight excluding hydrogens is 491 g/mol. The van der Waals surface area contributed by atoms with Crippen LogP contribution in [0.4, 0.5) is 10.2 Å². The van der Waals surface area contributed by atoms with Crippen molar-refractivity contribution in [3.63, 3.8) is 0 Å². The van der Waals surface area contributed by atoms with E-state index in [1.54, 1.807) is 22.5 Å². The van der Waals surface area contributed by atoms with Gasteiger partial charge in [0.25, 0.3) is 0 Å². The number of aromatic nitrogens is 3. The molecule has 2 aromatic heterocycles. The highest BCUT2D eigenvalue weighted by Gasteiger charge is 2.45.